The van der Waals surface area contributed by atoms with Crippen molar-refractivity contribution in [3.63, 3.8) is 0 Å². The Bertz CT molecular complexity index is 157. The highest BCUT2D eigenvalue weighted by molar-refractivity contribution is 4.84. The molecule has 0 rings (SSSR count). The van der Waals surface area contributed by atoms with Gasteiger partial charge in [0.2, 0.25) is 0 Å². The van der Waals surface area contributed by atoms with Gasteiger partial charge in [-0.25, -0.2) is 0 Å². The first-order valence-corrected chi connectivity index (χ1v) is 6.87. The third kappa shape index (κ3) is 6.49. The van der Waals surface area contributed by atoms with Crippen LogP contribution in [0.15, 0.2) is 0 Å². The summed E-state index contributed by atoms with van der Waals surface area (Å²) in [7, 11) is 1.81. The van der Waals surface area contributed by atoms with Gasteiger partial charge in [-0.15, -0.1) is 0 Å². The summed E-state index contributed by atoms with van der Waals surface area (Å²) < 4.78 is 5.57. The molecule has 0 heterocycles. The van der Waals surface area contributed by atoms with E-state index in [-0.39, 0.29) is 5.60 Å². The molecule has 0 aliphatic heterocycles. The molecule has 98 valence electrons. The molecule has 0 saturated carbocycles. The van der Waals surface area contributed by atoms with Crippen molar-refractivity contribution in [2.75, 3.05) is 13.7 Å². The monoisotopic (exact) mass is 229 g/mol. The van der Waals surface area contributed by atoms with Crippen molar-refractivity contribution in [3.05, 3.63) is 0 Å². The lowest BCUT2D eigenvalue weighted by Crippen LogP contribution is -2.48. The van der Waals surface area contributed by atoms with Crippen LogP contribution in [0.25, 0.3) is 0 Å². The van der Waals surface area contributed by atoms with Gasteiger partial charge in [0.05, 0.1) is 5.60 Å². The highest BCUT2D eigenvalue weighted by Crippen LogP contribution is 2.19. The van der Waals surface area contributed by atoms with E-state index in [2.05, 4.69) is 33.0 Å². The molecule has 0 saturated heterocycles. The molecule has 0 radical (unpaired) electrons. The molecular weight excluding hydrogens is 198 g/mol. The standard InChI is InChI=1S/C14H31NO/c1-6-8-9-10-11-12-13(15-7-2)14(3,4)16-5/h13,15H,6-12H2,1-5H3. The summed E-state index contributed by atoms with van der Waals surface area (Å²) in [6.45, 7) is 9.79. The first-order valence-electron chi connectivity index (χ1n) is 6.87. The van der Waals surface area contributed by atoms with Crippen molar-refractivity contribution < 1.29 is 4.74 Å². The predicted molar refractivity (Wildman–Crippen MR) is 71.9 cm³/mol. The Labute approximate surface area is 102 Å². The van der Waals surface area contributed by atoms with Crippen molar-refractivity contribution in [1.29, 1.82) is 0 Å². The Morgan fingerprint density at radius 1 is 1.06 bits per heavy atom. The van der Waals surface area contributed by atoms with Crippen LogP contribution in [-0.4, -0.2) is 25.3 Å². The fourth-order valence-electron chi connectivity index (χ4n) is 2.04. The van der Waals surface area contributed by atoms with E-state index in [1.807, 2.05) is 0 Å². The molecule has 1 atom stereocenters. The summed E-state index contributed by atoms with van der Waals surface area (Å²) in [6, 6.07) is 0.476. The van der Waals surface area contributed by atoms with Crippen LogP contribution in [0.1, 0.15) is 66.2 Å². The normalized spacial score (nSPS) is 14.1. The van der Waals surface area contributed by atoms with Crippen LogP contribution in [0, 0.1) is 0 Å². The van der Waals surface area contributed by atoms with Crippen molar-refractivity contribution in [2.45, 2.75) is 77.9 Å². The largest absolute Gasteiger partial charge is 0.377 e. The molecule has 0 aromatic carbocycles. The van der Waals surface area contributed by atoms with Gasteiger partial charge in [-0.05, 0) is 26.8 Å². The van der Waals surface area contributed by atoms with Crippen molar-refractivity contribution in [2.24, 2.45) is 0 Å². The first kappa shape index (κ1) is 15.9. The van der Waals surface area contributed by atoms with Crippen LogP contribution >= 0.6 is 0 Å². The molecule has 0 bridgehead atoms. The average Bonchev–Trinajstić information content (AvgIpc) is 2.27. The van der Waals surface area contributed by atoms with E-state index in [4.69, 9.17) is 4.74 Å². The van der Waals surface area contributed by atoms with Crippen molar-refractivity contribution >= 4 is 0 Å². The van der Waals surface area contributed by atoms with Gasteiger partial charge in [-0.2, -0.15) is 0 Å². The van der Waals surface area contributed by atoms with Crippen LogP contribution in [0.2, 0.25) is 0 Å². The number of ether oxygens (including phenoxy) is 1. The zero-order valence-corrected chi connectivity index (χ0v) is 11.9. The summed E-state index contributed by atoms with van der Waals surface area (Å²) in [4.78, 5) is 0. The summed E-state index contributed by atoms with van der Waals surface area (Å²) >= 11 is 0. The molecule has 1 N–H and O–H groups in total. The summed E-state index contributed by atoms with van der Waals surface area (Å²) in [6.07, 6.45) is 7.96. The molecule has 16 heavy (non-hydrogen) atoms. The molecule has 1 unspecified atom stereocenters. The fourth-order valence-corrected chi connectivity index (χ4v) is 2.04. The van der Waals surface area contributed by atoms with Crippen LogP contribution in [0.4, 0.5) is 0 Å². The highest BCUT2D eigenvalue weighted by atomic mass is 16.5. The Kier molecular flexibility index (Phi) is 8.96. The molecule has 0 aliphatic rings. The zero-order valence-electron chi connectivity index (χ0n) is 11.9. The van der Waals surface area contributed by atoms with Crippen LogP contribution in [0.5, 0.6) is 0 Å². The van der Waals surface area contributed by atoms with Gasteiger partial charge in [0.1, 0.15) is 0 Å². The molecule has 0 amide bonds. The van der Waals surface area contributed by atoms with Gasteiger partial charge >= 0.3 is 0 Å². The second-order valence-corrected chi connectivity index (χ2v) is 5.12. The molecule has 2 heteroatoms. The summed E-state index contributed by atoms with van der Waals surface area (Å²) in [5.41, 5.74) is -0.0548. The predicted octanol–water partition coefficient (Wildman–Crippen LogP) is 3.75. The minimum absolute atomic E-state index is 0.0548. The minimum Gasteiger partial charge on any atom is -0.377 e. The number of hydrogen-bond acceptors (Lipinski definition) is 2. The van der Waals surface area contributed by atoms with E-state index >= 15 is 0 Å². The number of nitrogens with one attached hydrogen (secondary N) is 1. The molecule has 0 aliphatic carbocycles. The number of hydrogen-bond donors (Lipinski definition) is 1. The third-order valence-electron chi connectivity index (χ3n) is 3.41. The maximum atomic E-state index is 5.57. The molecule has 0 aromatic heterocycles. The van der Waals surface area contributed by atoms with E-state index in [9.17, 15) is 0 Å². The minimum atomic E-state index is -0.0548. The third-order valence-corrected chi connectivity index (χ3v) is 3.41. The lowest BCUT2D eigenvalue weighted by Gasteiger charge is -2.33. The topological polar surface area (TPSA) is 21.3 Å². The van der Waals surface area contributed by atoms with Gasteiger partial charge in [-0.3, -0.25) is 0 Å². The molecule has 0 fully saturated rings. The zero-order chi connectivity index (χ0) is 12.4. The quantitative estimate of drug-likeness (QED) is 0.576. The average molecular weight is 229 g/mol. The molecule has 0 spiro atoms. The summed E-state index contributed by atoms with van der Waals surface area (Å²) in [5, 5.41) is 3.54. The Morgan fingerprint density at radius 2 is 1.69 bits per heavy atom. The van der Waals surface area contributed by atoms with E-state index in [0.717, 1.165) is 6.54 Å². The molecule has 0 aromatic rings. The van der Waals surface area contributed by atoms with Crippen molar-refractivity contribution in [3.8, 4) is 0 Å². The van der Waals surface area contributed by atoms with Gasteiger partial charge < -0.3 is 10.1 Å². The lowest BCUT2D eigenvalue weighted by atomic mass is 9.93. The van der Waals surface area contributed by atoms with E-state index < -0.39 is 0 Å². The number of likely N-dealkylation sites (N-methyl/N-ethyl adjacent to an activating group) is 1. The first-order chi connectivity index (χ1) is 7.58. The number of unbranched alkanes of at least 4 members (excludes halogenated alkanes) is 4. The van der Waals surface area contributed by atoms with E-state index in [0.29, 0.717) is 6.04 Å². The van der Waals surface area contributed by atoms with Gasteiger partial charge in [0.25, 0.3) is 0 Å². The number of methoxy groups -OCH3 is 1. The van der Waals surface area contributed by atoms with E-state index in [1.165, 1.54) is 38.5 Å². The fraction of sp³-hybridized carbons (Fsp3) is 1.00. The Balaban J connectivity index is 3.85. The molecule has 2 nitrogen and oxygen atoms in total. The van der Waals surface area contributed by atoms with Crippen LogP contribution < -0.4 is 5.32 Å². The maximum absolute atomic E-state index is 5.57. The smallest absolute Gasteiger partial charge is 0.0774 e. The second-order valence-electron chi connectivity index (χ2n) is 5.12. The summed E-state index contributed by atoms with van der Waals surface area (Å²) in [5.74, 6) is 0. The SMILES string of the molecule is CCCCCCCC(NCC)C(C)(C)OC. The molecular formula is C14H31NO. The van der Waals surface area contributed by atoms with Gasteiger partial charge in [0, 0.05) is 13.2 Å². The maximum Gasteiger partial charge on any atom is 0.0774 e. The second kappa shape index (κ2) is 9.00. The lowest BCUT2D eigenvalue weighted by molar-refractivity contribution is -0.0127. The van der Waals surface area contributed by atoms with Gasteiger partial charge in [0.15, 0.2) is 0 Å². The van der Waals surface area contributed by atoms with Crippen LogP contribution in [0.3, 0.4) is 0 Å². The number of rotatable bonds is 10. The van der Waals surface area contributed by atoms with Crippen molar-refractivity contribution in [1.82, 2.24) is 5.32 Å². The Morgan fingerprint density at radius 3 is 2.19 bits per heavy atom. The van der Waals surface area contributed by atoms with E-state index in [1.54, 1.807) is 7.11 Å². The van der Waals surface area contributed by atoms with Crippen LogP contribution in [-0.2, 0) is 4.74 Å². The van der Waals surface area contributed by atoms with Gasteiger partial charge in [-0.1, -0.05) is 46.0 Å². The highest BCUT2D eigenvalue weighted by Gasteiger charge is 2.27. The Hall–Kier alpha value is -0.0800.